The maximum absolute atomic E-state index is 12.8. The molecule has 3 rings (SSSR count). The molecule has 0 bridgehead atoms. The van der Waals surface area contributed by atoms with Crippen molar-refractivity contribution < 1.29 is 22.7 Å². The first-order valence-electron chi connectivity index (χ1n) is 10.8. The number of amides is 1. The zero-order valence-electron chi connectivity index (χ0n) is 18.4. The van der Waals surface area contributed by atoms with Gasteiger partial charge < -0.3 is 10.1 Å². The second-order valence-corrected chi connectivity index (χ2v) is 10.2. The molecule has 0 radical (unpaired) electrons. The van der Waals surface area contributed by atoms with Crippen molar-refractivity contribution in [2.24, 2.45) is 0 Å². The SMILES string of the molecule is Cc1ccc(NC(=O)COC(=O)/C=C/c2ccc(S(=O)(=O)N3CCCCCC3)cc2)cc1Cl. The van der Waals surface area contributed by atoms with Gasteiger partial charge >= 0.3 is 5.97 Å². The first-order chi connectivity index (χ1) is 15.8. The van der Waals surface area contributed by atoms with Crippen LogP contribution in [0.1, 0.15) is 36.8 Å². The summed E-state index contributed by atoms with van der Waals surface area (Å²) in [6, 6.07) is 11.4. The predicted octanol–water partition coefficient (Wildman–Crippen LogP) is 4.41. The highest BCUT2D eigenvalue weighted by molar-refractivity contribution is 7.89. The number of rotatable bonds is 7. The number of hydrogen-bond acceptors (Lipinski definition) is 5. The van der Waals surface area contributed by atoms with E-state index in [4.69, 9.17) is 16.3 Å². The largest absolute Gasteiger partial charge is 0.452 e. The molecule has 9 heteroatoms. The molecule has 7 nitrogen and oxygen atoms in total. The summed E-state index contributed by atoms with van der Waals surface area (Å²) >= 11 is 6.02. The second-order valence-electron chi connectivity index (χ2n) is 7.84. The fourth-order valence-electron chi connectivity index (χ4n) is 3.40. The number of ether oxygens (including phenoxy) is 1. The molecule has 0 atom stereocenters. The van der Waals surface area contributed by atoms with Crippen molar-refractivity contribution >= 4 is 45.3 Å². The predicted molar refractivity (Wildman–Crippen MR) is 128 cm³/mol. The first kappa shape index (κ1) is 25.0. The van der Waals surface area contributed by atoms with Gasteiger partial charge in [-0.05, 0) is 61.2 Å². The molecule has 1 fully saturated rings. The lowest BCUT2D eigenvalue weighted by atomic mass is 10.2. The fraction of sp³-hybridized carbons (Fsp3) is 0.333. The Morgan fingerprint density at radius 3 is 2.36 bits per heavy atom. The second kappa shape index (κ2) is 11.4. The number of sulfonamides is 1. The summed E-state index contributed by atoms with van der Waals surface area (Å²) in [4.78, 5) is 24.1. The monoisotopic (exact) mass is 490 g/mol. The molecule has 33 heavy (non-hydrogen) atoms. The van der Waals surface area contributed by atoms with Gasteiger partial charge in [0.2, 0.25) is 10.0 Å². The van der Waals surface area contributed by atoms with Crippen LogP contribution in [0.25, 0.3) is 6.08 Å². The number of carbonyl (C=O) groups is 2. The van der Waals surface area contributed by atoms with Gasteiger partial charge in [-0.1, -0.05) is 42.6 Å². The Bertz CT molecular complexity index is 1120. The van der Waals surface area contributed by atoms with E-state index in [2.05, 4.69) is 5.32 Å². The van der Waals surface area contributed by atoms with E-state index in [1.165, 1.54) is 28.6 Å². The summed E-state index contributed by atoms with van der Waals surface area (Å²) in [6.45, 7) is 2.49. The summed E-state index contributed by atoms with van der Waals surface area (Å²) in [5.41, 5.74) is 2.04. The number of nitrogens with one attached hydrogen (secondary N) is 1. The number of nitrogens with zero attached hydrogens (tertiary/aromatic N) is 1. The van der Waals surface area contributed by atoms with E-state index in [1.807, 2.05) is 6.92 Å². The number of benzene rings is 2. The molecule has 0 saturated carbocycles. The Kier molecular flexibility index (Phi) is 8.66. The van der Waals surface area contributed by atoms with Crippen molar-refractivity contribution in [3.63, 3.8) is 0 Å². The average Bonchev–Trinajstić information content (AvgIpc) is 3.09. The van der Waals surface area contributed by atoms with Gasteiger partial charge in [0, 0.05) is 29.9 Å². The van der Waals surface area contributed by atoms with Crippen molar-refractivity contribution in [3.05, 3.63) is 64.7 Å². The summed E-state index contributed by atoms with van der Waals surface area (Å²) in [5, 5.41) is 3.13. The van der Waals surface area contributed by atoms with Gasteiger partial charge in [-0.3, -0.25) is 4.79 Å². The summed E-state index contributed by atoms with van der Waals surface area (Å²) < 4.78 is 32.1. The highest BCUT2D eigenvalue weighted by Gasteiger charge is 2.24. The Labute approximate surface area is 199 Å². The molecule has 0 spiro atoms. The summed E-state index contributed by atoms with van der Waals surface area (Å²) in [7, 11) is -3.52. The van der Waals surface area contributed by atoms with Gasteiger partial charge in [-0.2, -0.15) is 4.31 Å². The maximum Gasteiger partial charge on any atom is 0.331 e. The van der Waals surface area contributed by atoms with Crippen LogP contribution in [0, 0.1) is 6.92 Å². The van der Waals surface area contributed by atoms with Crippen molar-refractivity contribution in [3.8, 4) is 0 Å². The maximum atomic E-state index is 12.8. The number of hydrogen-bond donors (Lipinski definition) is 1. The van der Waals surface area contributed by atoms with Crippen molar-refractivity contribution in [1.82, 2.24) is 4.31 Å². The van der Waals surface area contributed by atoms with E-state index in [0.717, 1.165) is 31.2 Å². The molecule has 1 saturated heterocycles. The molecule has 176 valence electrons. The van der Waals surface area contributed by atoms with E-state index in [-0.39, 0.29) is 4.90 Å². The molecule has 1 aliphatic rings. The highest BCUT2D eigenvalue weighted by atomic mass is 35.5. The average molecular weight is 491 g/mol. The molecule has 0 aliphatic carbocycles. The lowest BCUT2D eigenvalue weighted by Gasteiger charge is -2.19. The van der Waals surface area contributed by atoms with Crippen LogP contribution in [0.15, 0.2) is 53.4 Å². The van der Waals surface area contributed by atoms with Gasteiger partial charge in [-0.25, -0.2) is 13.2 Å². The minimum atomic E-state index is -3.52. The minimum absolute atomic E-state index is 0.233. The van der Waals surface area contributed by atoms with Gasteiger partial charge in [0.1, 0.15) is 0 Å². The zero-order chi connectivity index (χ0) is 23.8. The van der Waals surface area contributed by atoms with Crippen molar-refractivity contribution in [2.75, 3.05) is 25.0 Å². The molecule has 1 aliphatic heterocycles. The third-order valence-electron chi connectivity index (χ3n) is 5.30. The molecule has 1 heterocycles. The molecular weight excluding hydrogens is 464 g/mol. The summed E-state index contributed by atoms with van der Waals surface area (Å²) in [6.07, 6.45) is 6.54. The number of halogens is 1. The minimum Gasteiger partial charge on any atom is -0.452 e. The molecule has 1 N–H and O–H groups in total. The third kappa shape index (κ3) is 7.15. The Morgan fingerprint density at radius 1 is 1.06 bits per heavy atom. The smallest absolute Gasteiger partial charge is 0.331 e. The molecule has 0 unspecified atom stereocenters. The topological polar surface area (TPSA) is 92.8 Å². The van der Waals surface area contributed by atoms with Crippen molar-refractivity contribution in [1.29, 1.82) is 0 Å². The fourth-order valence-corrected chi connectivity index (χ4v) is 5.10. The number of carbonyl (C=O) groups excluding carboxylic acids is 2. The Morgan fingerprint density at radius 2 is 1.73 bits per heavy atom. The van der Waals surface area contributed by atoms with Crippen LogP contribution in [-0.2, 0) is 24.3 Å². The van der Waals surface area contributed by atoms with Crippen LogP contribution in [0.4, 0.5) is 5.69 Å². The third-order valence-corrected chi connectivity index (χ3v) is 7.62. The van der Waals surface area contributed by atoms with E-state index < -0.39 is 28.5 Å². The molecule has 1 amide bonds. The Hall–Kier alpha value is -2.68. The van der Waals surface area contributed by atoms with Gasteiger partial charge in [0.15, 0.2) is 6.61 Å². The molecule has 2 aromatic rings. The van der Waals surface area contributed by atoms with Crippen LogP contribution in [0.2, 0.25) is 5.02 Å². The molecule has 0 aromatic heterocycles. The van der Waals surface area contributed by atoms with Gasteiger partial charge in [0.05, 0.1) is 4.90 Å². The van der Waals surface area contributed by atoms with Gasteiger partial charge in [0.25, 0.3) is 5.91 Å². The standard InChI is InChI=1S/C24H27ClN2O5S/c1-18-6-10-20(16-22(18)25)26-23(28)17-32-24(29)13-9-19-7-11-21(12-8-19)33(30,31)27-14-4-2-3-5-15-27/h6-13,16H,2-5,14-15,17H2,1H3,(H,26,28)/b13-9+. The van der Waals surface area contributed by atoms with Crippen LogP contribution in [0.3, 0.4) is 0 Å². The van der Waals surface area contributed by atoms with E-state index in [1.54, 1.807) is 30.3 Å². The molecular formula is C24H27ClN2O5S. The number of anilines is 1. The van der Waals surface area contributed by atoms with Crippen LogP contribution in [-0.4, -0.2) is 44.3 Å². The van der Waals surface area contributed by atoms with E-state index >= 15 is 0 Å². The number of esters is 1. The summed E-state index contributed by atoms with van der Waals surface area (Å²) in [5.74, 6) is -1.17. The lowest BCUT2D eigenvalue weighted by Crippen LogP contribution is -2.31. The lowest BCUT2D eigenvalue weighted by molar-refractivity contribution is -0.142. The van der Waals surface area contributed by atoms with Crippen LogP contribution < -0.4 is 5.32 Å². The van der Waals surface area contributed by atoms with Crippen LogP contribution in [0.5, 0.6) is 0 Å². The number of aryl methyl sites for hydroxylation is 1. The van der Waals surface area contributed by atoms with E-state index in [0.29, 0.717) is 29.4 Å². The van der Waals surface area contributed by atoms with Gasteiger partial charge in [-0.15, -0.1) is 0 Å². The van der Waals surface area contributed by atoms with E-state index in [9.17, 15) is 18.0 Å². The van der Waals surface area contributed by atoms with Crippen LogP contribution >= 0.6 is 11.6 Å². The zero-order valence-corrected chi connectivity index (χ0v) is 20.0. The first-order valence-corrected chi connectivity index (χ1v) is 12.6. The van der Waals surface area contributed by atoms with Crippen molar-refractivity contribution in [2.45, 2.75) is 37.5 Å². The normalized spacial score (nSPS) is 15.2. The molecule has 2 aromatic carbocycles. The quantitative estimate of drug-likeness (QED) is 0.458. The Balaban J connectivity index is 1.51. The highest BCUT2D eigenvalue weighted by Crippen LogP contribution is 2.21.